The molecule has 1 fully saturated rings. The number of aromatic nitrogens is 2. The predicted octanol–water partition coefficient (Wildman–Crippen LogP) is 3.66. The molecule has 1 aliphatic carbocycles. The normalized spacial score (nSPS) is 26.5. The van der Waals surface area contributed by atoms with Crippen LogP contribution in [0.5, 0.6) is 0 Å². The molecule has 2 aromatic rings. The van der Waals surface area contributed by atoms with Crippen molar-refractivity contribution < 1.29 is 0 Å². The summed E-state index contributed by atoms with van der Waals surface area (Å²) in [5.74, 6) is 2.88. The molecule has 1 aromatic carbocycles. The van der Waals surface area contributed by atoms with Crippen LogP contribution in [0.4, 0.5) is 5.95 Å². The summed E-state index contributed by atoms with van der Waals surface area (Å²) in [6.07, 6.45) is 3.95. The van der Waals surface area contributed by atoms with E-state index in [2.05, 4.69) is 64.5 Å². The molecule has 6 heteroatoms. The number of hydrogen-bond acceptors (Lipinski definition) is 6. The summed E-state index contributed by atoms with van der Waals surface area (Å²) in [7, 11) is 0. The van der Waals surface area contributed by atoms with Gasteiger partial charge in [-0.15, -0.1) is 0 Å². The van der Waals surface area contributed by atoms with Gasteiger partial charge in [-0.3, -0.25) is 10.2 Å². The molecule has 0 unspecified atom stereocenters. The molecule has 0 radical (unpaired) electrons. The number of guanidine groups is 1. The lowest BCUT2D eigenvalue weighted by Crippen LogP contribution is -2.53. The zero-order valence-corrected chi connectivity index (χ0v) is 16.8. The van der Waals surface area contributed by atoms with Crippen LogP contribution in [-0.4, -0.2) is 40.2 Å². The number of anilines is 1. The van der Waals surface area contributed by atoms with E-state index in [0.29, 0.717) is 12.0 Å². The first-order valence-electron chi connectivity index (χ1n) is 10.1. The molecule has 2 heterocycles. The zero-order chi connectivity index (χ0) is 19.0. The molecule has 0 saturated heterocycles. The molecule has 1 saturated carbocycles. The predicted molar refractivity (Wildman–Crippen MR) is 111 cm³/mol. The Kier molecular flexibility index (Phi) is 5.00. The van der Waals surface area contributed by atoms with Gasteiger partial charge in [0.1, 0.15) is 0 Å². The number of nitrogens with one attached hydrogen (secondary N) is 2. The van der Waals surface area contributed by atoms with Crippen LogP contribution in [0.1, 0.15) is 44.4 Å². The van der Waals surface area contributed by atoms with Crippen molar-refractivity contribution in [1.82, 2.24) is 20.2 Å². The molecule has 0 bridgehead atoms. The molecule has 2 N–H and O–H groups in total. The number of benzene rings is 1. The van der Waals surface area contributed by atoms with E-state index >= 15 is 0 Å². The van der Waals surface area contributed by atoms with E-state index in [9.17, 15) is 0 Å². The van der Waals surface area contributed by atoms with E-state index in [1.165, 1.54) is 24.8 Å². The Morgan fingerprint density at radius 2 is 2.00 bits per heavy atom. The van der Waals surface area contributed by atoms with Crippen molar-refractivity contribution in [2.45, 2.75) is 53.0 Å². The van der Waals surface area contributed by atoms with Crippen molar-refractivity contribution in [2.24, 2.45) is 16.8 Å². The zero-order valence-electron chi connectivity index (χ0n) is 16.8. The quantitative estimate of drug-likeness (QED) is 0.849. The molecule has 144 valence electrons. The third-order valence-electron chi connectivity index (χ3n) is 6.27. The smallest absolute Gasteiger partial charge is 0.230 e. The maximum Gasteiger partial charge on any atom is 0.230 e. The molecular formula is C21H30N6. The fraction of sp³-hybridized carbons (Fsp3) is 0.571. The van der Waals surface area contributed by atoms with Crippen LogP contribution in [0.2, 0.25) is 0 Å². The lowest BCUT2D eigenvalue weighted by atomic mass is 9.77. The minimum Gasteiger partial charge on any atom is -0.343 e. The summed E-state index contributed by atoms with van der Waals surface area (Å²) in [4.78, 5) is 16.4. The molecule has 0 amide bonds. The van der Waals surface area contributed by atoms with Crippen LogP contribution < -0.4 is 10.6 Å². The largest absolute Gasteiger partial charge is 0.343 e. The van der Waals surface area contributed by atoms with E-state index in [4.69, 9.17) is 4.99 Å². The van der Waals surface area contributed by atoms with Gasteiger partial charge in [-0.2, -0.15) is 0 Å². The van der Waals surface area contributed by atoms with Crippen molar-refractivity contribution in [2.75, 3.05) is 18.7 Å². The van der Waals surface area contributed by atoms with Gasteiger partial charge < -0.3 is 5.32 Å². The van der Waals surface area contributed by atoms with Crippen molar-refractivity contribution in [3.8, 4) is 0 Å². The number of nitrogens with zero attached hydrogens (tertiary/aromatic N) is 4. The van der Waals surface area contributed by atoms with Crippen molar-refractivity contribution in [3.05, 3.63) is 29.5 Å². The number of aliphatic imine (C=N–C) groups is 1. The number of rotatable bonds is 2. The third-order valence-corrected chi connectivity index (χ3v) is 6.27. The highest BCUT2D eigenvalue weighted by atomic mass is 15.4. The molecular weight excluding hydrogens is 336 g/mol. The second kappa shape index (κ2) is 7.43. The molecule has 0 spiro atoms. The fourth-order valence-corrected chi connectivity index (χ4v) is 4.38. The number of fused-ring (bicyclic) bond motifs is 1. The summed E-state index contributed by atoms with van der Waals surface area (Å²) in [5.41, 5.74) is 3.14. The molecule has 27 heavy (non-hydrogen) atoms. The fourth-order valence-electron chi connectivity index (χ4n) is 4.38. The Labute approximate surface area is 161 Å². The average molecular weight is 367 g/mol. The molecule has 3 atom stereocenters. The third kappa shape index (κ3) is 3.76. The van der Waals surface area contributed by atoms with E-state index in [0.717, 1.165) is 47.7 Å². The summed E-state index contributed by atoms with van der Waals surface area (Å²) in [5, 5.41) is 7.77. The summed E-state index contributed by atoms with van der Waals surface area (Å²) >= 11 is 0. The molecule has 2 aliphatic rings. The van der Waals surface area contributed by atoms with Gasteiger partial charge in [-0.05, 0) is 43.7 Å². The van der Waals surface area contributed by atoms with E-state index < -0.39 is 0 Å². The maximum absolute atomic E-state index is 4.71. The van der Waals surface area contributed by atoms with Gasteiger partial charge >= 0.3 is 0 Å². The Bertz CT molecular complexity index is 861. The molecule has 4 rings (SSSR count). The van der Waals surface area contributed by atoms with Crippen LogP contribution in [0.3, 0.4) is 0 Å². The molecule has 1 aliphatic heterocycles. The van der Waals surface area contributed by atoms with Gasteiger partial charge in [0.25, 0.3) is 0 Å². The van der Waals surface area contributed by atoms with Crippen LogP contribution in [0.25, 0.3) is 10.9 Å². The first kappa shape index (κ1) is 18.2. The average Bonchev–Trinajstić information content (AvgIpc) is 2.64. The maximum atomic E-state index is 4.71. The number of hydrogen-bond donors (Lipinski definition) is 2. The van der Waals surface area contributed by atoms with Crippen LogP contribution in [0.15, 0.2) is 23.2 Å². The SMILES string of the molecule is Cc1ccc2c(C)nc(NC3=NCN([C@@H]4CCC[C@H](C)[C@H]4C)CN3)nc2c1. The number of aryl methyl sites for hydroxylation is 2. The van der Waals surface area contributed by atoms with Gasteiger partial charge in [0.05, 0.1) is 24.5 Å². The van der Waals surface area contributed by atoms with E-state index in [1.807, 2.05) is 6.92 Å². The van der Waals surface area contributed by atoms with E-state index in [1.54, 1.807) is 0 Å². The van der Waals surface area contributed by atoms with Crippen LogP contribution in [0, 0.1) is 25.7 Å². The molecule has 6 nitrogen and oxygen atoms in total. The minimum atomic E-state index is 0.602. The topological polar surface area (TPSA) is 65.4 Å². The van der Waals surface area contributed by atoms with E-state index in [-0.39, 0.29) is 0 Å². The highest BCUT2D eigenvalue weighted by Crippen LogP contribution is 2.32. The Hall–Kier alpha value is -2.21. The highest BCUT2D eigenvalue weighted by Gasteiger charge is 2.32. The van der Waals surface area contributed by atoms with Crippen molar-refractivity contribution in [3.63, 3.8) is 0 Å². The second-order valence-corrected chi connectivity index (χ2v) is 8.18. The lowest BCUT2D eigenvalue weighted by Gasteiger charge is -2.42. The Morgan fingerprint density at radius 1 is 1.15 bits per heavy atom. The monoisotopic (exact) mass is 366 g/mol. The van der Waals surface area contributed by atoms with Gasteiger partial charge in [0.15, 0.2) is 0 Å². The van der Waals surface area contributed by atoms with Crippen molar-refractivity contribution in [1.29, 1.82) is 0 Å². The van der Waals surface area contributed by atoms with Gasteiger partial charge in [0, 0.05) is 11.4 Å². The van der Waals surface area contributed by atoms with Crippen LogP contribution in [-0.2, 0) is 0 Å². The Balaban J connectivity index is 1.46. The first-order valence-corrected chi connectivity index (χ1v) is 10.1. The van der Waals surface area contributed by atoms with Crippen molar-refractivity contribution >= 4 is 22.8 Å². The summed E-state index contributed by atoms with van der Waals surface area (Å²) in [6, 6.07) is 6.90. The molecule has 1 aromatic heterocycles. The summed E-state index contributed by atoms with van der Waals surface area (Å²) < 4.78 is 0. The Morgan fingerprint density at radius 3 is 2.78 bits per heavy atom. The summed E-state index contributed by atoms with van der Waals surface area (Å²) in [6.45, 7) is 10.4. The van der Waals surface area contributed by atoms with Gasteiger partial charge in [-0.1, -0.05) is 38.8 Å². The highest BCUT2D eigenvalue weighted by molar-refractivity contribution is 5.93. The minimum absolute atomic E-state index is 0.602. The van der Waals surface area contributed by atoms with Gasteiger partial charge in [-0.25, -0.2) is 15.0 Å². The lowest BCUT2D eigenvalue weighted by molar-refractivity contribution is 0.0771. The van der Waals surface area contributed by atoms with Crippen LogP contribution >= 0.6 is 0 Å². The standard InChI is InChI=1S/C21H30N6/c1-13-8-9-17-16(4)24-21(25-18(17)10-13)26-20-22-11-27(12-23-20)19-7-5-6-14(2)15(19)3/h8-10,14-15,19H,5-7,11-12H2,1-4H3,(H2,22,23,24,25,26)/t14-,15+,19+/m0/s1. The second-order valence-electron chi connectivity index (χ2n) is 8.18. The van der Waals surface area contributed by atoms with Gasteiger partial charge in [0.2, 0.25) is 11.9 Å². The first-order chi connectivity index (χ1) is 13.0.